The molecule has 0 radical (unpaired) electrons. The number of aromatic amines is 1. The zero-order valence-corrected chi connectivity index (χ0v) is 16.0. The molecule has 2 aromatic carbocycles. The lowest BCUT2D eigenvalue weighted by atomic mass is 10.2. The summed E-state index contributed by atoms with van der Waals surface area (Å²) in [5.41, 5.74) is 1.55. The zero-order valence-electron chi connectivity index (χ0n) is 15.2. The first-order valence-corrected chi connectivity index (χ1v) is 10.1. The first kappa shape index (κ1) is 18.5. The third kappa shape index (κ3) is 4.17. The molecular formula is C20H20FN5OS. The monoisotopic (exact) mass is 397 g/mol. The number of halogens is 1. The summed E-state index contributed by atoms with van der Waals surface area (Å²) in [5.74, 6) is 0.793. The Morgan fingerprint density at radius 3 is 2.50 bits per heavy atom. The molecule has 2 heterocycles. The van der Waals surface area contributed by atoms with Crippen molar-refractivity contribution in [1.82, 2.24) is 20.1 Å². The lowest BCUT2D eigenvalue weighted by Crippen LogP contribution is -2.49. The molecule has 1 saturated heterocycles. The van der Waals surface area contributed by atoms with Crippen LogP contribution in [0.5, 0.6) is 0 Å². The average molecular weight is 397 g/mol. The van der Waals surface area contributed by atoms with Crippen molar-refractivity contribution in [1.29, 1.82) is 0 Å². The number of hydrogen-bond donors (Lipinski definition) is 1. The number of aromatic nitrogens is 3. The highest BCUT2D eigenvalue weighted by atomic mass is 32.2. The molecule has 8 heteroatoms. The number of rotatable bonds is 5. The summed E-state index contributed by atoms with van der Waals surface area (Å²) in [6.07, 6.45) is 0. The Kier molecular flexibility index (Phi) is 5.57. The van der Waals surface area contributed by atoms with E-state index in [9.17, 15) is 9.18 Å². The second kappa shape index (κ2) is 8.43. The third-order valence-corrected chi connectivity index (χ3v) is 5.49. The molecule has 28 heavy (non-hydrogen) atoms. The molecule has 1 amide bonds. The highest BCUT2D eigenvalue weighted by Gasteiger charge is 2.23. The number of piperazine rings is 1. The topological polar surface area (TPSA) is 65.1 Å². The van der Waals surface area contributed by atoms with E-state index in [0.717, 1.165) is 5.56 Å². The Morgan fingerprint density at radius 1 is 1.04 bits per heavy atom. The van der Waals surface area contributed by atoms with Crippen molar-refractivity contribution in [2.75, 3.05) is 36.8 Å². The SMILES string of the molecule is O=C(CSc1n[nH]c(-c2ccccc2)n1)N1CCN(c2ccccc2F)CC1. The molecular weight excluding hydrogens is 377 g/mol. The van der Waals surface area contributed by atoms with Crippen LogP contribution in [0.15, 0.2) is 59.8 Å². The first-order chi connectivity index (χ1) is 13.7. The number of carbonyl (C=O) groups excluding carboxylic acids is 1. The molecule has 1 aliphatic rings. The summed E-state index contributed by atoms with van der Waals surface area (Å²) >= 11 is 1.32. The molecule has 0 bridgehead atoms. The van der Waals surface area contributed by atoms with E-state index >= 15 is 0 Å². The van der Waals surface area contributed by atoms with E-state index < -0.39 is 0 Å². The number of nitrogens with one attached hydrogen (secondary N) is 1. The number of amides is 1. The van der Waals surface area contributed by atoms with Crippen molar-refractivity contribution >= 4 is 23.4 Å². The maximum absolute atomic E-state index is 13.9. The van der Waals surface area contributed by atoms with Gasteiger partial charge in [-0.05, 0) is 12.1 Å². The van der Waals surface area contributed by atoms with Crippen LogP contribution >= 0.6 is 11.8 Å². The van der Waals surface area contributed by atoms with Crippen molar-refractivity contribution in [2.24, 2.45) is 0 Å². The van der Waals surface area contributed by atoms with Crippen LogP contribution in [0.1, 0.15) is 0 Å². The number of thioether (sulfide) groups is 1. The van der Waals surface area contributed by atoms with Gasteiger partial charge in [-0.25, -0.2) is 9.37 Å². The summed E-state index contributed by atoms with van der Waals surface area (Å²) in [6, 6.07) is 16.5. The quantitative estimate of drug-likeness (QED) is 0.671. The number of anilines is 1. The minimum atomic E-state index is -0.225. The summed E-state index contributed by atoms with van der Waals surface area (Å²) < 4.78 is 13.9. The van der Waals surface area contributed by atoms with Crippen molar-refractivity contribution in [3.8, 4) is 11.4 Å². The Bertz CT molecular complexity index is 941. The zero-order chi connectivity index (χ0) is 19.3. The number of para-hydroxylation sites is 1. The molecule has 0 spiro atoms. The van der Waals surface area contributed by atoms with Crippen molar-refractivity contribution < 1.29 is 9.18 Å². The maximum atomic E-state index is 13.9. The highest BCUT2D eigenvalue weighted by molar-refractivity contribution is 7.99. The predicted octanol–water partition coefficient (Wildman–Crippen LogP) is 3.05. The van der Waals surface area contributed by atoms with E-state index in [1.165, 1.54) is 17.8 Å². The van der Waals surface area contributed by atoms with Crippen molar-refractivity contribution in [3.63, 3.8) is 0 Å². The van der Waals surface area contributed by atoms with E-state index in [2.05, 4.69) is 15.2 Å². The largest absolute Gasteiger partial charge is 0.366 e. The van der Waals surface area contributed by atoms with Gasteiger partial charge in [0.1, 0.15) is 5.82 Å². The number of hydrogen-bond acceptors (Lipinski definition) is 5. The molecule has 1 fully saturated rings. The molecule has 0 atom stereocenters. The molecule has 6 nitrogen and oxygen atoms in total. The number of benzene rings is 2. The van der Waals surface area contributed by atoms with Crippen LogP contribution in [0.3, 0.4) is 0 Å². The number of carbonyl (C=O) groups is 1. The maximum Gasteiger partial charge on any atom is 0.233 e. The fourth-order valence-electron chi connectivity index (χ4n) is 3.16. The van der Waals surface area contributed by atoms with Crippen LogP contribution in [-0.2, 0) is 4.79 Å². The van der Waals surface area contributed by atoms with E-state index in [0.29, 0.717) is 42.8 Å². The van der Waals surface area contributed by atoms with E-state index in [1.54, 1.807) is 12.1 Å². The Labute approximate surface area is 166 Å². The van der Waals surface area contributed by atoms with Gasteiger partial charge in [0.05, 0.1) is 11.4 Å². The standard InChI is InChI=1S/C20H20FN5OS/c21-16-8-4-5-9-17(16)25-10-12-26(13-11-25)18(27)14-28-20-22-19(23-24-20)15-6-2-1-3-7-15/h1-9H,10-14H2,(H,22,23,24). The van der Waals surface area contributed by atoms with E-state index in [4.69, 9.17) is 0 Å². The summed E-state index contributed by atoms with van der Waals surface area (Å²) in [6.45, 7) is 2.40. The molecule has 3 aromatic rings. The highest BCUT2D eigenvalue weighted by Crippen LogP contribution is 2.22. The van der Waals surface area contributed by atoms with Gasteiger partial charge in [-0.1, -0.05) is 54.2 Å². The van der Waals surface area contributed by atoms with E-state index in [-0.39, 0.29) is 17.5 Å². The first-order valence-electron chi connectivity index (χ1n) is 9.08. The van der Waals surface area contributed by atoms with Crippen molar-refractivity contribution in [2.45, 2.75) is 5.16 Å². The Balaban J connectivity index is 1.28. The summed E-state index contributed by atoms with van der Waals surface area (Å²) in [7, 11) is 0. The molecule has 1 N–H and O–H groups in total. The Hall–Kier alpha value is -2.87. The van der Waals surface area contributed by atoms with Crippen LogP contribution in [0, 0.1) is 5.82 Å². The fourth-order valence-corrected chi connectivity index (χ4v) is 3.86. The second-order valence-electron chi connectivity index (χ2n) is 6.44. The van der Waals surface area contributed by atoms with Crippen LogP contribution in [0.25, 0.3) is 11.4 Å². The van der Waals surface area contributed by atoms with E-state index in [1.807, 2.05) is 46.2 Å². The summed E-state index contributed by atoms with van der Waals surface area (Å²) in [5, 5.41) is 7.64. The lowest BCUT2D eigenvalue weighted by Gasteiger charge is -2.36. The lowest BCUT2D eigenvalue weighted by molar-refractivity contribution is -0.128. The van der Waals surface area contributed by atoms with Crippen LogP contribution < -0.4 is 4.90 Å². The van der Waals surface area contributed by atoms with Crippen molar-refractivity contribution in [3.05, 3.63) is 60.4 Å². The molecule has 0 unspecified atom stereocenters. The molecule has 1 aliphatic heterocycles. The predicted molar refractivity (Wildman–Crippen MR) is 108 cm³/mol. The van der Waals surface area contributed by atoms with Gasteiger partial charge >= 0.3 is 0 Å². The normalized spacial score (nSPS) is 14.3. The minimum Gasteiger partial charge on any atom is -0.366 e. The number of nitrogens with zero attached hydrogens (tertiary/aromatic N) is 4. The fraction of sp³-hybridized carbons (Fsp3) is 0.250. The van der Waals surface area contributed by atoms with Gasteiger partial charge in [0.2, 0.25) is 11.1 Å². The molecule has 1 aromatic heterocycles. The van der Waals surface area contributed by atoms with Gasteiger partial charge in [-0.15, -0.1) is 5.10 Å². The van der Waals surface area contributed by atoms with Crippen LogP contribution in [0.4, 0.5) is 10.1 Å². The summed E-state index contributed by atoms with van der Waals surface area (Å²) in [4.78, 5) is 20.7. The molecule has 0 saturated carbocycles. The van der Waals surface area contributed by atoms with Gasteiger partial charge < -0.3 is 9.80 Å². The number of H-pyrrole nitrogens is 1. The van der Waals surface area contributed by atoms with Gasteiger partial charge in [0.15, 0.2) is 5.82 Å². The van der Waals surface area contributed by atoms with Gasteiger partial charge in [-0.2, -0.15) is 0 Å². The van der Waals surface area contributed by atoms with Gasteiger partial charge in [0, 0.05) is 31.7 Å². The van der Waals surface area contributed by atoms with Crippen LogP contribution in [-0.4, -0.2) is 57.9 Å². The second-order valence-corrected chi connectivity index (χ2v) is 7.38. The Morgan fingerprint density at radius 2 is 1.75 bits per heavy atom. The average Bonchev–Trinajstić information content (AvgIpc) is 3.22. The third-order valence-electron chi connectivity index (χ3n) is 4.66. The smallest absolute Gasteiger partial charge is 0.233 e. The molecule has 144 valence electrons. The molecule has 4 rings (SSSR count). The van der Waals surface area contributed by atoms with Gasteiger partial charge in [0.25, 0.3) is 0 Å². The molecule has 0 aliphatic carbocycles. The van der Waals surface area contributed by atoms with Gasteiger partial charge in [-0.3, -0.25) is 9.89 Å². The minimum absolute atomic E-state index is 0.0456. The van der Waals surface area contributed by atoms with Crippen LogP contribution in [0.2, 0.25) is 0 Å².